The zero-order valence-electron chi connectivity index (χ0n) is 17.4. The number of sulfonamides is 1. The van der Waals surface area contributed by atoms with Crippen molar-refractivity contribution < 1.29 is 17.9 Å². The lowest BCUT2D eigenvalue weighted by atomic mass is 10.2. The molecule has 0 fully saturated rings. The Morgan fingerprint density at radius 3 is 2.37 bits per heavy atom. The van der Waals surface area contributed by atoms with Crippen molar-refractivity contribution in [1.29, 1.82) is 0 Å². The maximum absolute atomic E-state index is 12.5. The molecule has 2 N–H and O–H groups in total. The summed E-state index contributed by atoms with van der Waals surface area (Å²) in [5.74, 6) is 0.419. The van der Waals surface area contributed by atoms with Gasteiger partial charge in [0.2, 0.25) is 10.0 Å². The minimum Gasteiger partial charge on any atom is -0.492 e. The molecule has 0 aliphatic rings. The summed E-state index contributed by atoms with van der Waals surface area (Å²) in [6, 6.07) is 11.3. The van der Waals surface area contributed by atoms with Gasteiger partial charge in [0.15, 0.2) is 0 Å². The molecule has 2 aromatic carbocycles. The molecule has 0 aliphatic heterocycles. The lowest BCUT2D eigenvalue weighted by molar-refractivity contribution is 0.102. The molecule has 0 radical (unpaired) electrons. The second-order valence-electron chi connectivity index (χ2n) is 6.93. The van der Waals surface area contributed by atoms with E-state index in [0.717, 1.165) is 12.8 Å². The molecule has 0 unspecified atom stereocenters. The van der Waals surface area contributed by atoms with Crippen molar-refractivity contribution in [1.82, 2.24) is 4.72 Å². The molecule has 164 valence electrons. The first-order valence-electron chi connectivity index (χ1n) is 10.2. The summed E-state index contributed by atoms with van der Waals surface area (Å²) in [4.78, 5) is 12.7. The Balaban J connectivity index is 1.96. The zero-order chi connectivity index (χ0) is 22.0. The third-order valence-corrected chi connectivity index (χ3v) is 6.51. The third-order valence-electron chi connectivity index (χ3n) is 4.41. The standard InChI is InChI=1S/C22H29BrN2O4S/c1-3-5-6-7-15-29-21-13-8-17(16-20(21)23)22(26)25-18-9-11-19(12-10-18)30(27,28)24-14-4-2/h8-13,16,24H,3-7,14-15H2,1-2H3,(H,25,26). The first-order chi connectivity index (χ1) is 14.4. The van der Waals surface area contributed by atoms with Crippen molar-refractivity contribution in [3.63, 3.8) is 0 Å². The van der Waals surface area contributed by atoms with Crippen LogP contribution >= 0.6 is 15.9 Å². The van der Waals surface area contributed by atoms with E-state index in [4.69, 9.17) is 4.74 Å². The number of carbonyl (C=O) groups excluding carboxylic acids is 1. The van der Waals surface area contributed by atoms with Crippen molar-refractivity contribution in [2.24, 2.45) is 0 Å². The smallest absolute Gasteiger partial charge is 0.255 e. The van der Waals surface area contributed by atoms with Gasteiger partial charge in [0.1, 0.15) is 5.75 Å². The molecular weight excluding hydrogens is 468 g/mol. The topological polar surface area (TPSA) is 84.5 Å². The van der Waals surface area contributed by atoms with E-state index >= 15 is 0 Å². The monoisotopic (exact) mass is 496 g/mol. The van der Waals surface area contributed by atoms with Crippen LogP contribution in [-0.2, 0) is 10.0 Å². The molecule has 0 atom stereocenters. The molecule has 0 heterocycles. The van der Waals surface area contributed by atoms with Gasteiger partial charge in [-0.1, -0.05) is 33.1 Å². The van der Waals surface area contributed by atoms with Crippen LogP contribution in [-0.4, -0.2) is 27.5 Å². The van der Waals surface area contributed by atoms with Crippen LogP contribution in [0.1, 0.15) is 56.3 Å². The van der Waals surface area contributed by atoms with Crippen molar-refractivity contribution in [3.05, 3.63) is 52.5 Å². The highest BCUT2D eigenvalue weighted by molar-refractivity contribution is 9.10. The summed E-state index contributed by atoms with van der Waals surface area (Å²) in [6.45, 7) is 5.09. The zero-order valence-corrected chi connectivity index (χ0v) is 19.8. The van der Waals surface area contributed by atoms with Gasteiger partial charge in [-0.05, 0) is 71.2 Å². The number of nitrogens with one attached hydrogen (secondary N) is 2. The average molecular weight is 497 g/mol. The van der Waals surface area contributed by atoms with Crippen LogP contribution in [0.3, 0.4) is 0 Å². The van der Waals surface area contributed by atoms with Gasteiger partial charge >= 0.3 is 0 Å². The molecule has 0 aromatic heterocycles. The Labute approximate surface area is 187 Å². The molecule has 2 aromatic rings. The second kappa shape index (κ2) is 12.1. The number of amides is 1. The van der Waals surface area contributed by atoms with E-state index in [1.807, 2.05) is 6.92 Å². The molecule has 0 saturated carbocycles. The minimum absolute atomic E-state index is 0.164. The van der Waals surface area contributed by atoms with Gasteiger partial charge in [-0.2, -0.15) is 0 Å². The highest BCUT2D eigenvalue weighted by Crippen LogP contribution is 2.27. The number of anilines is 1. The number of halogens is 1. The predicted octanol–water partition coefficient (Wildman–Crippen LogP) is 5.35. The summed E-state index contributed by atoms with van der Waals surface area (Å²) in [5, 5.41) is 2.78. The lowest BCUT2D eigenvalue weighted by Crippen LogP contribution is -2.24. The first-order valence-corrected chi connectivity index (χ1v) is 12.5. The maximum Gasteiger partial charge on any atom is 0.255 e. The van der Waals surface area contributed by atoms with Gasteiger partial charge in [0.05, 0.1) is 16.0 Å². The van der Waals surface area contributed by atoms with Crippen LogP contribution in [0.4, 0.5) is 5.69 Å². The van der Waals surface area contributed by atoms with E-state index < -0.39 is 10.0 Å². The number of hydrogen-bond acceptors (Lipinski definition) is 4. The minimum atomic E-state index is -3.53. The fraction of sp³-hybridized carbons (Fsp3) is 0.409. The molecule has 1 amide bonds. The Bertz CT molecular complexity index is 931. The highest BCUT2D eigenvalue weighted by Gasteiger charge is 2.14. The Kier molecular flexibility index (Phi) is 9.81. The van der Waals surface area contributed by atoms with E-state index in [1.165, 1.54) is 25.0 Å². The van der Waals surface area contributed by atoms with Gasteiger partial charge in [0, 0.05) is 17.8 Å². The third kappa shape index (κ3) is 7.41. The first kappa shape index (κ1) is 24.4. The number of rotatable bonds is 12. The Hall–Kier alpha value is -1.90. The number of hydrogen-bond donors (Lipinski definition) is 2. The van der Waals surface area contributed by atoms with Crippen LogP contribution < -0.4 is 14.8 Å². The number of unbranched alkanes of at least 4 members (excludes halogenated alkanes) is 3. The van der Waals surface area contributed by atoms with E-state index in [0.29, 0.717) is 41.0 Å². The van der Waals surface area contributed by atoms with Crippen LogP contribution in [0.5, 0.6) is 5.75 Å². The van der Waals surface area contributed by atoms with E-state index in [2.05, 4.69) is 32.9 Å². The summed E-state index contributed by atoms with van der Waals surface area (Å²) in [6.07, 6.45) is 5.24. The molecular formula is C22H29BrN2O4S. The van der Waals surface area contributed by atoms with Crippen molar-refractivity contribution in [2.75, 3.05) is 18.5 Å². The number of carbonyl (C=O) groups is 1. The molecule has 0 saturated heterocycles. The Morgan fingerprint density at radius 1 is 1.00 bits per heavy atom. The largest absolute Gasteiger partial charge is 0.492 e. The van der Waals surface area contributed by atoms with Gasteiger partial charge in [-0.3, -0.25) is 4.79 Å². The van der Waals surface area contributed by atoms with Gasteiger partial charge in [-0.15, -0.1) is 0 Å². The summed E-state index contributed by atoms with van der Waals surface area (Å²) in [5.41, 5.74) is 0.989. The maximum atomic E-state index is 12.5. The molecule has 6 nitrogen and oxygen atoms in total. The molecule has 8 heteroatoms. The number of ether oxygens (including phenoxy) is 1. The van der Waals surface area contributed by atoms with Crippen LogP contribution in [0, 0.1) is 0 Å². The molecule has 0 spiro atoms. The van der Waals surface area contributed by atoms with Crippen LogP contribution in [0.2, 0.25) is 0 Å². The average Bonchev–Trinajstić information content (AvgIpc) is 2.73. The highest BCUT2D eigenvalue weighted by atomic mass is 79.9. The van der Waals surface area contributed by atoms with E-state index in [-0.39, 0.29) is 10.8 Å². The quantitative estimate of drug-likeness (QED) is 0.388. The normalized spacial score (nSPS) is 11.3. The van der Waals surface area contributed by atoms with E-state index in [9.17, 15) is 13.2 Å². The van der Waals surface area contributed by atoms with Gasteiger partial charge in [0.25, 0.3) is 5.91 Å². The van der Waals surface area contributed by atoms with E-state index in [1.54, 1.807) is 30.3 Å². The Morgan fingerprint density at radius 2 is 1.73 bits per heavy atom. The lowest BCUT2D eigenvalue weighted by Gasteiger charge is -2.11. The second-order valence-corrected chi connectivity index (χ2v) is 9.55. The SMILES string of the molecule is CCCCCCOc1ccc(C(=O)Nc2ccc(S(=O)(=O)NCCC)cc2)cc1Br. The van der Waals surface area contributed by atoms with Crippen molar-refractivity contribution in [2.45, 2.75) is 50.8 Å². The van der Waals surface area contributed by atoms with Crippen LogP contribution in [0.15, 0.2) is 51.8 Å². The summed E-state index contributed by atoms with van der Waals surface area (Å²) in [7, 11) is -3.53. The summed E-state index contributed by atoms with van der Waals surface area (Å²) < 4.78 is 33.3. The fourth-order valence-electron chi connectivity index (χ4n) is 2.71. The molecule has 0 bridgehead atoms. The fourth-order valence-corrected chi connectivity index (χ4v) is 4.34. The van der Waals surface area contributed by atoms with Crippen molar-refractivity contribution in [3.8, 4) is 5.75 Å². The van der Waals surface area contributed by atoms with Crippen LogP contribution in [0.25, 0.3) is 0 Å². The predicted molar refractivity (Wildman–Crippen MR) is 124 cm³/mol. The molecule has 0 aliphatic carbocycles. The molecule has 30 heavy (non-hydrogen) atoms. The number of benzene rings is 2. The molecule has 2 rings (SSSR count). The van der Waals surface area contributed by atoms with Gasteiger partial charge in [-0.25, -0.2) is 13.1 Å². The summed E-state index contributed by atoms with van der Waals surface area (Å²) >= 11 is 3.46. The van der Waals surface area contributed by atoms with Crippen molar-refractivity contribution >= 4 is 37.5 Å². The van der Waals surface area contributed by atoms with Gasteiger partial charge < -0.3 is 10.1 Å².